The normalized spacial score (nSPS) is 13.4. The molecule has 0 aromatic heterocycles. The third-order valence-electron chi connectivity index (χ3n) is 4.79. The van der Waals surface area contributed by atoms with Crippen molar-refractivity contribution in [2.24, 2.45) is 0 Å². The number of carbonyl (C=O) groups excluding carboxylic acids is 2. The van der Waals surface area contributed by atoms with E-state index in [1.165, 1.54) is 12.7 Å². The first-order chi connectivity index (χ1) is 13.7. The number of rotatable bonds is 8. The van der Waals surface area contributed by atoms with Crippen molar-refractivity contribution in [2.45, 2.75) is 19.3 Å². The molecular formula is C22H27N3O3. The number of ether oxygens (including phenoxy) is 1. The van der Waals surface area contributed by atoms with Crippen molar-refractivity contribution >= 4 is 23.2 Å². The molecule has 1 saturated heterocycles. The predicted molar refractivity (Wildman–Crippen MR) is 111 cm³/mol. The van der Waals surface area contributed by atoms with Crippen molar-refractivity contribution in [3.8, 4) is 0 Å². The predicted octanol–water partition coefficient (Wildman–Crippen LogP) is 2.84. The Morgan fingerprint density at radius 2 is 1.82 bits per heavy atom. The van der Waals surface area contributed by atoms with Crippen LogP contribution in [0.5, 0.6) is 0 Å². The summed E-state index contributed by atoms with van der Waals surface area (Å²) >= 11 is 0. The number of nitrogens with zero attached hydrogens (tertiary/aromatic N) is 1. The lowest BCUT2D eigenvalue weighted by atomic mass is 10.1. The molecule has 0 aliphatic carbocycles. The Morgan fingerprint density at radius 3 is 2.54 bits per heavy atom. The Kier molecular flexibility index (Phi) is 7.03. The van der Waals surface area contributed by atoms with Gasteiger partial charge in [0.25, 0.3) is 5.91 Å². The Labute approximate surface area is 165 Å². The Hall–Kier alpha value is -2.86. The van der Waals surface area contributed by atoms with Crippen LogP contribution in [0.1, 0.15) is 28.8 Å². The lowest BCUT2D eigenvalue weighted by Crippen LogP contribution is -2.29. The second-order valence-corrected chi connectivity index (χ2v) is 6.90. The van der Waals surface area contributed by atoms with Crippen LogP contribution in [0.4, 0.5) is 11.4 Å². The van der Waals surface area contributed by atoms with Gasteiger partial charge in [0.15, 0.2) is 0 Å². The minimum atomic E-state index is -0.244. The van der Waals surface area contributed by atoms with Crippen LogP contribution in [0.25, 0.3) is 0 Å². The van der Waals surface area contributed by atoms with Gasteiger partial charge in [-0.15, -0.1) is 0 Å². The van der Waals surface area contributed by atoms with Crippen molar-refractivity contribution in [1.29, 1.82) is 0 Å². The van der Waals surface area contributed by atoms with Crippen LogP contribution in [0.2, 0.25) is 0 Å². The SMILES string of the molecule is COCC(=O)Nc1ccc(N2CCCC2)c(C(=O)NCCc2ccccc2)c1. The first kappa shape index (κ1) is 19.9. The van der Waals surface area contributed by atoms with Gasteiger partial charge in [-0.1, -0.05) is 30.3 Å². The molecule has 3 rings (SSSR count). The Bertz CT molecular complexity index is 802. The van der Waals surface area contributed by atoms with Crippen LogP contribution in [-0.2, 0) is 16.0 Å². The number of hydrogen-bond donors (Lipinski definition) is 2. The molecule has 2 amide bonds. The summed E-state index contributed by atoms with van der Waals surface area (Å²) in [6, 6.07) is 15.6. The summed E-state index contributed by atoms with van der Waals surface area (Å²) in [4.78, 5) is 26.9. The van der Waals surface area contributed by atoms with Gasteiger partial charge in [0.05, 0.1) is 5.56 Å². The fourth-order valence-electron chi connectivity index (χ4n) is 3.42. The minimum Gasteiger partial charge on any atom is -0.375 e. The number of amides is 2. The van der Waals surface area contributed by atoms with E-state index >= 15 is 0 Å². The van der Waals surface area contributed by atoms with Crippen LogP contribution in [-0.4, -0.2) is 45.2 Å². The third kappa shape index (κ3) is 5.33. The zero-order valence-electron chi connectivity index (χ0n) is 16.2. The highest BCUT2D eigenvalue weighted by Gasteiger charge is 2.20. The van der Waals surface area contributed by atoms with Crippen molar-refractivity contribution < 1.29 is 14.3 Å². The molecule has 148 valence electrons. The van der Waals surface area contributed by atoms with E-state index in [2.05, 4.69) is 15.5 Å². The van der Waals surface area contributed by atoms with Gasteiger partial charge in [0, 0.05) is 38.1 Å². The summed E-state index contributed by atoms with van der Waals surface area (Å²) in [6.07, 6.45) is 3.03. The van der Waals surface area contributed by atoms with E-state index in [0.29, 0.717) is 17.8 Å². The number of methoxy groups -OCH3 is 1. The maximum atomic E-state index is 12.9. The third-order valence-corrected chi connectivity index (χ3v) is 4.79. The summed E-state index contributed by atoms with van der Waals surface area (Å²) in [5.41, 5.74) is 3.28. The van der Waals surface area contributed by atoms with Gasteiger partial charge >= 0.3 is 0 Å². The Balaban J connectivity index is 1.72. The van der Waals surface area contributed by atoms with Crippen LogP contribution in [0.3, 0.4) is 0 Å². The van der Waals surface area contributed by atoms with Gasteiger partial charge < -0.3 is 20.3 Å². The molecule has 6 nitrogen and oxygen atoms in total. The zero-order chi connectivity index (χ0) is 19.8. The van der Waals surface area contributed by atoms with Crippen molar-refractivity contribution in [1.82, 2.24) is 5.32 Å². The van der Waals surface area contributed by atoms with Crippen molar-refractivity contribution in [3.05, 3.63) is 59.7 Å². The zero-order valence-corrected chi connectivity index (χ0v) is 16.2. The first-order valence-corrected chi connectivity index (χ1v) is 9.67. The van der Waals surface area contributed by atoms with Gasteiger partial charge in [-0.25, -0.2) is 0 Å². The molecule has 2 aromatic rings. The minimum absolute atomic E-state index is 0.0213. The number of nitrogens with one attached hydrogen (secondary N) is 2. The molecule has 1 fully saturated rings. The van der Waals surface area contributed by atoms with Gasteiger partial charge in [0.1, 0.15) is 6.61 Å². The fourth-order valence-corrected chi connectivity index (χ4v) is 3.42. The molecule has 0 bridgehead atoms. The molecule has 0 unspecified atom stereocenters. The summed E-state index contributed by atoms with van der Waals surface area (Å²) in [5.74, 6) is -0.368. The molecule has 2 aromatic carbocycles. The van der Waals surface area contributed by atoms with E-state index < -0.39 is 0 Å². The lowest BCUT2D eigenvalue weighted by molar-refractivity contribution is -0.119. The molecule has 0 spiro atoms. The monoisotopic (exact) mass is 381 g/mol. The van der Waals surface area contributed by atoms with E-state index in [1.807, 2.05) is 42.5 Å². The largest absolute Gasteiger partial charge is 0.375 e. The molecule has 6 heteroatoms. The average Bonchev–Trinajstić information content (AvgIpc) is 3.23. The highest BCUT2D eigenvalue weighted by molar-refractivity contribution is 6.02. The highest BCUT2D eigenvalue weighted by atomic mass is 16.5. The second-order valence-electron chi connectivity index (χ2n) is 6.90. The molecule has 1 aliphatic heterocycles. The Morgan fingerprint density at radius 1 is 1.07 bits per heavy atom. The fraction of sp³-hybridized carbons (Fsp3) is 0.364. The van der Waals surface area contributed by atoms with Crippen molar-refractivity contribution in [3.63, 3.8) is 0 Å². The van der Waals surface area contributed by atoms with Gasteiger partial charge in [-0.3, -0.25) is 9.59 Å². The standard InChI is InChI=1S/C22H27N3O3/c1-28-16-21(26)24-18-9-10-20(25-13-5-6-14-25)19(15-18)22(27)23-12-11-17-7-3-2-4-8-17/h2-4,7-10,15H,5-6,11-14,16H2,1H3,(H,23,27)(H,24,26). The molecule has 28 heavy (non-hydrogen) atoms. The van der Waals surface area contributed by atoms with Crippen LogP contribution < -0.4 is 15.5 Å². The first-order valence-electron chi connectivity index (χ1n) is 9.67. The van der Waals surface area contributed by atoms with Gasteiger partial charge in [-0.05, 0) is 43.0 Å². The van der Waals surface area contributed by atoms with Crippen LogP contribution in [0, 0.1) is 0 Å². The van der Waals surface area contributed by atoms with E-state index in [1.54, 1.807) is 6.07 Å². The number of carbonyl (C=O) groups is 2. The number of anilines is 2. The summed E-state index contributed by atoms with van der Waals surface area (Å²) in [7, 11) is 1.47. The number of benzene rings is 2. The van der Waals surface area contributed by atoms with E-state index in [-0.39, 0.29) is 18.4 Å². The van der Waals surface area contributed by atoms with Crippen LogP contribution in [0.15, 0.2) is 48.5 Å². The molecule has 0 atom stereocenters. The van der Waals surface area contributed by atoms with E-state index in [9.17, 15) is 9.59 Å². The molecular weight excluding hydrogens is 354 g/mol. The molecule has 0 saturated carbocycles. The topological polar surface area (TPSA) is 70.7 Å². The molecule has 1 aliphatic rings. The maximum Gasteiger partial charge on any atom is 0.253 e. The molecule has 0 radical (unpaired) electrons. The number of hydrogen-bond acceptors (Lipinski definition) is 4. The van der Waals surface area contributed by atoms with E-state index in [0.717, 1.165) is 38.0 Å². The lowest BCUT2D eigenvalue weighted by Gasteiger charge is -2.22. The quantitative estimate of drug-likeness (QED) is 0.738. The summed E-state index contributed by atoms with van der Waals surface area (Å²) in [6.45, 7) is 2.42. The maximum absolute atomic E-state index is 12.9. The summed E-state index contributed by atoms with van der Waals surface area (Å²) < 4.78 is 4.85. The van der Waals surface area contributed by atoms with Gasteiger partial charge in [-0.2, -0.15) is 0 Å². The van der Waals surface area contributed by atoms with Gasteiger partial charge in [0.2, 0.25) is 5.91 Å². The smallest absolute Gasteiger partial charge is 0.253 e. The average molecular weight is 381 g/mol. The summed E-state index contributed by atoms with van der Waals surface area (Å²) in [5, 5.41) is 5.79. The van der Waals surface area contributed by atoms with Crippen molar-refractivity contribution in [2.75, 3.05) is 43.6 Å². The van der Waals surface area contributed by atoms with Crippen LogP contribution >= 0.6 is 0 Å². The van der Waals surface area contributed by atoms with E-state index in [4.69, 9.17) is 4.74 Å². The molecule has 1 heterocycles. The molecule has 2 N–H and O–H groups in total. The highest BCUT2D eigenvalue weighted by Crippen LogP contribution is 2.27. The second kappa shape index (κ2) is 9.90.